The lowest BCUT2D eigenvalue weighted by molar-refractivity contribution is 0.808. The van der Waals surface area contributed by atoms with E-state index in [1.54, 1.807) is 0 Å². The van der Waals surface area contributed by atoms with Crippen molar-refractivity contribution in [2.24, 2.45) is 0 Å². The fourth-order valence-corrected chi connectivity index (χ4v) is 3.17. The first-order valence-corrected chi connectivity index (χ1v) is 8.06. The van der Waals surface area contributed by atoms with E-state index in [2.05, 4.69) is 53.7 Å². The second-order valence-electron chi connectivity index (χ2n) is 4.76. The number of nitrogens with zero attached hydrogens (tertiary/aromatic N) is 2. The van der Waals surface area contributed by atoms with Crippen LogP contribution in [0.2, 0.25) is 5.02 Å². The number of anilines is 1. The maximum absolute atomic E-state index is 6.26. The molecule has 0 amide bonds. The molecule has 1 N–H and O–H groups in total. The van der Waals surface area contributed by atoms with Crippen molar-refractivity contribution in [2.75, 3.05) is 11.9 Å². The molecule has 0 radical (unpaired) electrons. The third-order valence-electron chi connectivity index (χ3n) is 2.88. The number of halogens is 2. The highest BCUT2D eigenvalue weighted by Gasteiger charge is 2.16. The Labute approximate surface area is 138 Å². The van der Waals surface area contributed by atoms with Crippen LogP contribution in [0.1, 0.15) is 32.4 Å². The smallest absolute Gasteiger partial charge is 0.163 e. The maximum atomic E-state index is 6.26. The Morgan fingerprint density at radius 1 is 1.25 bits per heavy atom. The van der Waals surface area contributed by atoms with Crippen LogP contribution in [0, 0.1) is 3.57 Å². The molecule has 0 aliphatic rings. The molecule has 3 nitrogen and oxygen atoms in total. The van der Waals surface area contributed by atoms with Crippen LogP contribution in [0.15, 0.2) is 24.3 Å². The van der Waals surface area contributed by atoms with Gasteiger partial charge in [0, 0.05) is 12.1 Å². The molecule has 20 heavy (non-hydrogen) atoms. The second-order valence-corrected chi connectivity index (χ2v) is 6.25. The molecule has 0 unspecified atom stereocenters. The van der Waals surface area contributed by atoms with Gasteiger partial charge in [-0.3, -0.25) is 0 Å². The van der Waals surface area contributed by atoms with Gasteiger partial charge in [-0.15, -0.1) is 0 Å². The standard InChI is InChI=1S/C15H17ClIN3/c1-4-18-15-12(17)13(9(2)3)19-14(20-15)10-7-5-6-8-11(10)16/h5-9H,4H2,1-3H3,(H,18,19,20). The molecule has 0 spiro atoms. The number of aromatic nitrogens is 2. The molecule has 1 aromatic heterocycles. The molecule has 0 atom stereocenters. The number of hydrogen-bond donors (Lipinski definition) is 1. The van der Waals surface area contributed by atoms with E-state index in [1.165, 1.54) is 0 Å². The highest BCUT2D eigenvalue weighted by molar-refractivity contribution is 14.1. The normalized spacial score (nSPS) is 10.9. The van der Waals surface area contributed by atoms with Crippen molar-refractivity contribution >= 4 is 40.0 Å². The van der Waals surface area contributed by atoms with Crippen LogP contribution in [0.4, 0.5) is 5.82 Å². The van der Waals surface area contributed by atoms with Crippen LogP contribution in [0.25, 0.3) is 11.4 Å². The zero-order valence-corrected chi connectivity index (χ0v) is 14.7. The highest BCUT2D eigenvalue weighted by atomic mass is 127. The lowest BCUT2D eigenvalue weighted by Gasteiger charge is -2.14. The van der Waals surface area contributed by atoms with E-state index in [0.29, 0.717) is 16.8 Å². The van der Waals surface area contributed by atoms with Gasteiger partial charge in [-0.2, -0.15) is 0 Å². The highest BCUT2D eigenvalue weighted by Crippen LogP contribution is 2.31. The Kier molecular flexibility index (Phi) is 5.21. The zero-order chi connectivity index (χ0) is 14.7. The lowest BCUT2D eigenvalue weighted by Crippen LogP contribution is -2.09. The second kappa shape index (κ2) is 6.72. The predicted molar refractivity (Wildman–Crippen MR) is 93.4 cm³/mol. The maximum Gasteiger partial charge on any atom is 0.163 e. The number of rotatable bonds is 4. The summed E-state index contributed by atoms with van der Waals surface area (Å²) < 4.78 is 1.08. The summed E-state index contributed by atoms with van der Waals surface area (Å²) in [5.74, 6) is 1.89. The Bertz CT molecular complexity index is 614. The van der Waals surface area contributed by atoms with Crippen molar-refractivity contribution in [3.8, 4) is 11.4 Å². The van der Waals surface area contributed by atoms with Gasteiger partial charge in [-0.05, 0) is 47.6 Å². The van der Waals surface area contributed by atoms with Crippen LogP contribution < -0.4 is 5.32 Å². The predicted octanol–water partition coefficient (Wildman–Crippen LogP) is 4.96. The summed E-state index contributed by atoms with van der Waals surface area (Å²) in [4.78, 5) is 9.32. The first-order chi connectivity index (χ1) is 9.54. The first-order valence-electron chi connectivity index (χ1n) is 6.60. The molecule has 1 aromatic carbocycles. The Morgan fingerprint density at radius 2 is 1.95 bits per heavy atom. The molecular formula is C15H17ClIN3. The Balaban J connectivity index is 2.62. The quantitative estimate of drug-likeness (QED) is 0.736. The minimum absolute atomic E-state index is 0.337. The van der Waals surface area contributed by atoms with Crippen molar-refractivity contribution in [1.82, 2.24) is 9.97 Å². The molecule has 0 saturated carbocycles. The SMILES string of the molecule is CCNc1nc(-c2ccccc2Cl)nc(C(C)C)c1I. The average Bonchev–Trinajstić information content (AvgIpc) is 2.41. The third-order valence-corrected chi connectivity index (χ3v) is 4.28. The minimum Gasteiger partial charge on any atom is -0.369 e. The summed E-state index contributed by atoms with van der Waals surface area (Å²) in [6, 6.07) is 7.67. The van der Waals surface area contributed by atoms with Crippen molar-refractivity contribution in [3.05, 3.63) is 38.6 Å². The van der Waals surface area contributed by atoms with Crippen molar-refractivity contribution < 1.29 is 0 Å². The van der Waals surface area contributed by atoms with Gasteiger partial charge in [0.15, 0.2) is 5.82 Å². The summed E-state index contributed by atoms with van der Waals surface area (Å²) in [5.41, 5.74) is 1.91. The van der Waals surface area contributed by atoms with Crippen LogP contribution >= 0.6 is 34.2 Å². The van der Waals surface area contributed by atoms with E-state index in [-0.39, 0.29) is 0 Å². The fourth-order valence-electron chi connectivity index (χ4n) is 1.89. The van der Waals surface area contributed by atoms with Gasteiger partial charge in [-0.25, -0.2) is 9.97 Å². The third kappa shape index (κ3) is 3.23. The van der Waals surface area contributed by atoms with E-state index >= 15 is 0 Å². The number of benzene rings is 1. The lowest BCUT2D eigenvalue weighted by atomic mass is 10.1. The monoisotopic (exact) mass is 401 g/mol. The summed E-state index contributed by atoms with van der Waals surface area (Å²) in [6.07, 6.45) is 0. The number of nitrogens with one attached hydrogen (secondary N) is 1. The minimum atomic E-state index is 0.337. The summed E-state index contributed by atoms with van der Waals surface area (Å²) >= 11 is 8.56. The largest absolute Gasteiger partial charge is 0.369 e. The summed E-state index contributed by atoms with van der Waals surface area (Å²) in [6.45, 7) is 7.15. The van der Waals surface area contributed by atoms with Crippen LogP contribution in [-0.4, -0.2) is 16.5 Å². The van der Waals surface area contributed by atoms with Gasteiger partial charge >= 0.3 is 0 Å². The molecule has 5 heteroatoms. The molecule has 0 aliphatic heterocycles. The van der Waals surface area contributed by atoms with Gasteiger partial charge < -0.3 is 5.32 Å². The van der Waals surface area contributed by atoms with E-state index in [9.17, 15) is 0 Å². The topological polar surface area (TPSA) is 37.8 Å². The Hall–Kier alpha value is -0.880. The zero-order valence-electron chi connectivity index (χ0n) is 11.7. The van der Waals surface area contributed by atoms with Gasteiger partial charge in [0.25, 0.3) is 0 Å². The van der Waals surface area contributed by atoms with Crippen LogP contribution in [0.5, 0.6) is 0 Å². The number of hydrogen-bond acceptors (Lipinski definition) is 3. The fraction of sp³-hybridized carbons (Fsp3) is 0.333. The van der Waals surface area contributed by atoms with Crippen molar-refractivity contribution in [3.63, 3.8) is 0 Å². The molecule has 106 valence electrons. The van der Waals surface area contributed by atoms with Gasteiger partial charge in [0.2, 0.25) is 0 Å². The van der Waals surface area contributed by atoms with Gasteiger partial charge in [0.05, 0.1) is 14.3 Å². The molecule has 1 heterocycles. The van der Waals surface area contributed by atoms with E-state index < -0.39 is 0 Å². The Morgan fingerprint density at radius 3 is 2.55 bits per heavy atom. The molecule has 2 aromatic rings. The molecule has 0 fully saturated rings. The van der Waals surface area contributed by atoms with Crippen molar-refractivity contribution in [2.45, 2.75) is 26.7 Å². The molecule has 2 rings (SSSR count). The van der Waals surface area contributed by atoms with Gasteiger partial charge in [0.1, 0.15) is 5.82 Å². The molecule has 0 saturated heterocycles. The van der Waals surface area contributed by atoms with Crippen molar-refractivity contribution in [1.29, 1.82) is 0 Å². The summed E-state index contributed by atoms with van der Waals surface area (Å²) in [5, 5.41) is 3.97. The molecule has 0 aliphatic carbocycles. The van der Waals surface area contributed by atoms with E-state index in [4.69, 9.17) is 16.6 Å². The van der Waals surface area contributed by atoms with E-state index in [0.717, 1.165) is 27.2 Å². The summed E-state index contributed by atoms with van der Waals surface area (Å²) in [7, 11) is 0. The average molecular weight is 402 g/mol. The molecular weight excluding hydrogens is 385 g/mol. The molecule has 0 bridgehead atoms. The van der Waals surface area contributed by atoms with E-state index in [1.807, 2.05) is 24.3 Å². The van der Waals surface area contributed by atoms with Crippen LogP contribution in [-0.2, 0) is 0 Å². The first kappa shape index (κ1) is 15.5. The van der Waals surface area contributed by atoms with Crippen LogP contribution in [0.3, 0.4) is 0 Å². The van der Waals surface area contributed by atoms with Gasteiger partial charge in [-0.1, -0.05) is 37.6 Å².